The van der Waals surface area contributed by atoms with Crippen molar-refractivity contribution in [2.45, 2.75) is 13.0 Å². The zero-order valence-electron chi connectivity index (χ0n) is 14.7. The quantitative estimate of drug-likeness (QED) is 0.763. The Morgan fingerprint density at radius 1 is 1.04 bits per heavy atom. The van der Waals surface area contributed by atoms with Crippen LogP contribution in [0, 0.1) is 0 Å². The average Bonchev–Trinajstić information content (AvgIpc) is 2.66. The van der Waals surface area contributed by atoms with Crippen LogP contribution >= 0.6 is 0 Å². The van der Waals surface area contributed by atoms with Crippen LogP contribution in [-0.4, -0.2) is 10.5 Å². The van der Waals surface area contributed by atoms with Crippen molar-refractivity contribution in [3.63, 3.8) is 0 Å². The highest BCUT2D eigenvalue weighted by atomic mass is 16.5. The van der Waals surface area contributed by atoms with Crippen molar-refractivity contribution < 1.29 is 9.53 Å². The van der Waals surface area contributed by atoms with Crippen LogP contribution in [0.2, 0.25) is 0 Å². The van der Waals surface area contributed by atoms with Gasteiger partial charge in [0.1, 0.15) is 11.9 Å². The number of nitrogens with zero attached hydrogens (tertiary/aromatic N) is 1. The molecule has 132 valence electrons. The van der Waals surface area contributed by atoms with Crippen LogP contribution in [0.1, 0.15) is 28.9 Å². The summed E-state index contributed by atoms with van der Waals surface area (Å²) in [5.74, 6) is 0.215. The number of aryl methyl sites for hydroxylation is 1. The maximum Gasteiger partial charge on any atom is 0.256 e. The van der Waals surface area contributed by atoms with E-state index in [-0.39, 0.29) is 17.6 Å². The van der Waals surface area contributed by atoms with E-state index >= 15 is 0 Å². The standard InChI is InChI=1S/C21H20N2O3/c1-15(16-8-4-3-5-9-16)26-19-11-7-6-10-18(19)22-21(25)17-12-13-23(2)20(24)14-17/h3-15H,1-2H3,(H,22,25). The van der Waals surface area contributed by atoms with E-state index in [1.807, 2.05) is 49.4 Å². The minimum absolute atomic E-state index is 0.168. The van der Waals surface area contributed by atoms with E-state index in [0.717, 1.165) is 5.56 Å². The van der Waals surface area contributed by atoms with Crippen molar-refractivity contribution in [3.05, 3.63) is 94.4 Å². The number of hydrogen-bond donors (Lipinski definition) is 1. The fourth-order valence-corrected chi connectivity index (χ4v) is 2.54. The molecule has 0 fully saturated rings. The number of hydrogen-bond acceptors (Lipinski definition) is 3. The molecule has 0 spiro atoms. The van der Waals surface area contributed by atoms with Crippen molar-refractivity contribution >= 4 is 11.6 Å². The molecule has 2 aromatic carbocycles. The Labute approximate surface area is 151 Å². The number of benzene rings is 2. The molecular weight excluding hydrogens is 328 g/mol. The number of nitrogens with one attached hydrogen (secondary N) is 1. The lowest BCUT2D eigenvalue weighted by Crippen LogP contribution is -2.20. The molecule has 0 saturated heterocycles. The molecule has 0 aliphatic carbocycles. The zero-order chi connectivity index (χ0) is 18.5. The molecule has 0 aliphatic rings. The molecule has 1 amide bonds. The number of anilines is 1. The lowest BCUT2D eigenvalue weighted by molar-refractivity contribution is 0.102. The molecule has 0 aliphatic heterocycles. The van der Waals surface area contributed by atoms with Crippen molar-refractivity contribution in [2.24, 2.45) is 7.05 Å². The number of pyridine rings is 1. The molecule has 5 heteroatoms. The third-order valence-electron chi connectivity index (χ3n) is 4.07. The zero-order valence-corrected chi connectivity index (χ0v) is 14.7. The van der Waals surface area contributed by atoms with E-state index in [0.29, 0.717) is 17.0 Å². The van der Waals surface area contributed by atoms with E-state index in [1.54, 1.807) is 31.4 Å². The summed E-state index contributed by atoms with van der Waals surface area (Å²) in [6, 6.07) is 20.0. The van der Waals surface area contributed by atoms with Crippen LogP contribution in [0.5, 0.6) is 5.75 Å². The number of rotatable bonds is 5. The summed E-state index contributed by atoms with van der Waals surface area (Å²) in [7, 11) is 1.64. The third-order valence-corrected chi connectivity index (χ3v) is 4.07. The molecule has 5 nitrogen and oxygen atoms in total. The van der Waals surface area contributed by atoms with Gasteiger partial charge >= 0.3 is 0 Å². The van der Waals surface area contributed by atoms with Gasteiger partial charge in [0.2, 0.25) is 0 Å². The van der Waals surface area contributed by atoms with Gasteiger partial charge in [0.05, 0.1) is 5.69 Å². The minimum Gasteiger partial charge on any atom is -0.484 e. The molecule has 1 atom stereocenters. The highest BCUT2D eigenvalue weighted by Crippen LogP contribution is 2.29. The van der Waals surface area contributed by atoms with Gasteiger partial charge in [-0.25, -0.2) is 0 Å². The van der Waals surface area contributed by atoms with Crippen LogP contribution < -0.4 is 15.6 Å². The summed E-state index contributed by atoms with van der Waals surface area (Å²) in [6.07, 6.45) is 1.40. The molecular formula is C21H20N2O3. The normalized spacial score (nSPS) is 11.6. The summed E-state index contributed by atoms with van der Waals surface area (Å²) >= 11 is 0. The Morgan fingerprint density at radius 3 is 2.46 bits per heavy atom. The predicted molar refractivity (Wildman–Crippen MR) is 102 cm³/mol. The van der Waals surface area contributed by atoms with E-state index < -0.39 is 0 Å². The van der Waals surface area contributed by atoms with Crippen LogP contribution in [0.3, 0.4) is 0 Å². The van der Waals surface area contributed by atoms with Gasteiger partial charge in [0, 0.05) is 24.9 Å². The first-order chi connectivity index (χ1) is 12.5. The summed E-state index contributed by atoms with van der Waals surface area (Å²) in [5, 5.41) is 2.82. The first-order valence-electron chi connectivity index (χ1n) is 8.33. The summed E-state index contributed by atoms with van der Waals surface area (Å²) in [5.41, 5.74) is 1.67. The number of ether oxygens (including phenoxy) is 1. The van der Waals surface area contributed by atoms with Crippen molar-refractivity contribution in [2.75, 3.05) is 5.32 Å². The fraction of sp³-hybridized carbons (Fsp3) is 0.143. The summed E-state index contributed by atoms with van der Waals surface area (Å²) in [4.78, 5) is 24.2. The highest BCUT2D eigenvalue weighted by molar-refractivity contribution is 6.04. The first-order valence-corrected chi connectivity index (χ1v) is 8.33. The second-order valence-electron chi connectivity index (χ2n) is 5.99. The lowest BCUT2D eigenvalue weighted by atomic mass is 10.1. The van der Waals surface area contributed by atoms with E-state index in [9.17, 15) is 9.59 Å². The van der Waals surface area contributed by atoms with Crippen molar-refractivity contribution in [1.82, 2.24) is 4.57 Å². The smallest absolute Gasteiger partial charge is 0.256 e. The summed E-state index contributed by atoms with van der Waals surface area (Å²) in [6.45, 7) is 1.95. The molecule has 26 heavy (non-hydrogen) atoms. The number of para-hydroxylation sites is 2. The van der Waals surface area contributed by atoms with Crippen molar-refractivity contribution in [1.29, 1.82) is 0 Å². The van der Waals surface area contributed by atoms with Gasteiger partial charge in [-0.1, -0.05) is 42.5 Å². The fourth-order valence-electron chi connectivity index (χ4n) is 2.54. The number of aromatic nitrogens is 1. The van der Waals surface area contributed by atoms with Crippen LogP contribution in [0.25, 0.3) is 0 Å². The van der Waals surface area contributed by atoms with Gasteiger partial charge in [-0.2, -0.15) is 0 Å². The first kappa shape index (κ1) is 17.5. The number of carbonyl (C=O) groups is 1. The van der Waals surface area contributed by atoms with Gasteiger partial charge in [-0.3, -0.25) is 9.59 Å². The van der Waals surface area contributed by atoms with Gasteiger partial charge < -0.3 is 14.6 Å². The second-order valence-corrected chi connectivity index (χ2v) is 5.99. The van der Waals surface area contributed by atoms with E-state index in [1.165, 1.54) is 10.6 Å². The molecule has 1 N–H and O–H groups in total. The molecule has 1 aromatic heterocycles. The third kappa shape index (κ3) is 4.00. The molecule has 0 saturated carbocycles. The Morgan fingerprint density at radius 2 is 1.73 bits per heavy atom. The van der Waals surface area contributed by atoms with Crippen LogP contribution in [-0.2, 0) is 7.05 Å². The molecule has 1 unspecified atom stereocenters. The molecule has 0 radical (unpaired) electrons. The SMILES string of the molecule is CC(Oc1ccccc1NC(=O)c1ccn(C)c(=O)c1)c1ccccc1. The van der Waals surface area contributed by atoms with Crippen LogP contribution in [0.15, 0.2) is 77.7 Å². The topological polar surface area (TPSA) is 60.3 Å². The Hall–Kier alpha value is -3.34. The van der Waals surface area contributed by atoms with E-state index in [2.05, 4.69) is 5.32 Å². The van der Waals surface area contributed by atoms with Gasteiger partial charge in [-0.05, 0) is 30.7 Å². The lowest BCUT2D eigenvalue weighted by Gasteiger charge is -2.18. The molecule has 3 rings (SSSR count). The van der Waals surface area contributed by atoms with E-state index in [4.69, 9.17) is 4.74 Å². The largest absolute Gasteiger partial charge is 0.484 e. The molecule has 1 heterocycles. The van der Waals surface area contributed by atoms with Gasteiger partial charge in [0.15, 0.2) is 0 Å². The Bertz CT molecular complexity index is 964. The Kier molecular flexibility index (Phi) is 5.17. The number of carbonyl (C=O) groups excluding carboxylic acids is 1. The molecule has 3 aromatic rings. The van der Waals surface area contributed by atoms with Crippen LogP contribution in [0.4, 0.5) is 5.69 Å². The highest BCUT2D eigenvalue weighted by Gasteiger charge is 2.13. The Balaban J connectivity index is 1.79. The maximum atomic E-state index is 12.5. The maximum absolute atomic E-state index is 12.5. The summed E-state index contributed by atoms with van der Waals surface area (Å²) < 4.78 is 7.44. The van der Waals surface area contributed by atoms with Gasteiger partial charge in [-0.15, -0.1) is 0 Å². The van der Waals surface area contributed by atoms with Gasteiger partial charge in [0.25, 0.3) is 11.5 Å². The average molecular weight is 348 g/mol. The second kappa shape index (κ2) is 7.70. The number of amides is 1. The predicted octanol–water partition coefficient (Wildman–Crippen LogP) is 3.78. The van der Waals surface area contributed by atoms with Crippen molar-refractivity contribution in [3.8, 4) is 5.75 Å². The molecule has 0 bridgehead atoms. The minimum atomic E-state index is -0.355. The monoisotopic (exact) mass is 348 g/mol.